The number of rotatable bonds is 7. The molecule has 1 saturated carbocycles. The fourth-order valence-corrected chi connectivity index (χ4v) is 6.12. The third-order valence-corrected chi connectivity index (χ3v) is 8.49. The number of benzene rings is 2. The summed E-state index contributed by atoms with van der Waals surface area (Å²) >= 11 is 6.28. The Morgan fingerprint density at radius 2 is 1.95 bits per heavy atom. The number of amides is 2. The lowest BCUT2D eigenvalue weighted by molar-refractivity contribution is -0.139. The minimum absolute atomic E-state index is 0.105. The molecule has 0 bridgehead atoms. The van der Waals surface area contributed by atoms with Crippen LogP contribution in [-0.4, -0.2) is 39.0 Å². The van der Waals surface area contributed by atoms with Gasteiger partial charge < -0.3 is 15.0 Å². The first-order valence-electron chi connectivity index (χ1n) is 13.8. The van der Waals surface area contributed by atoms with Gasteiger partial charge in [0.2, 0.25) is 5.91 Å². The van der Waals surface area contributed by atoms with Crippen molar-refractivity contribution in [2.75, 3.05) is 0 Å². The number of halogens is 1. The van der Waals surface area contributed by atoms with E-state index in [9.17, 15) is 19.6 Å². The highest BCUT2D eigenvalue weighted by Gasteiger charge is 2.53. The minimum atomic E-state index is -0.824. The Bertz CT molecular complexity index is 1590. The summed E-state index contributed by atoms with van der Waals surface area (Å²) < 4.78 is 5.76. The number of aromatic amines is 1. The third-order valence-electron chi connectivity index (χ3n) is 8.25. The Kier molecular flexibility index (Phi) is 7.87. The number of hydrogen-bond acceptors (Lipinski definition) is 6. The molecule has 1 aliphatic heterocycles. The maximum absolute atomic E-state index is 14.0. The summed E-state index contributed by atoms with van der Waals surface area (Å²) in [6.45, 7) is 5.18. The second-order valence-corrected chi connectivity index (χ2v) is 11.4. The Balaban J connectivity index is 1.34. The van der Waals surface area contributed by atoms with Crippen molar-refractivity contribution in [3.63, 3.8) is 0 Å². The summed E-state index contributed by atoms with van der Waals surface area (Å²) in [7, 11) is 0. The van der Waals surface area contributed by atoms with Crippen LogP contribution in [0.3, 0.4) is 0 Å². The van der Waals surface area contributed by atoms with E-state index in [2.05, 4.69) is 21.6 Å². The lowest BCUT2D eigenvalue weighted by atomic mass is 9.64. The fraction of sp³-hybridized carbons (Fsp3) is 0.387. The Morgan fingerprint density at radius 3 is 2.61 bits per heavy atom. The lowest BCUT2D eigenvalue weighted by Gasteiger charge is -2.46. The van der Waals surface area contributed by atoms with Crippen molar-refractivity contribution in [1.29, 1.82) is 5.26 Å². The van der Waals surface area contributed by atoms with E-state index in [4.69, 9.17) is 16.3 Å². The number of nitriles is 1. The molecule has 212 valence electrons. The molecule has 10 heteroatoms. The molecule has 41 heavy (non-hydrogen) atoms. The number of aromatic nitrogens is 2. The average molecular weight is 574 g/mol. The van der Waals surface area contributed by atoms with Gasteiger partial charge in [-0.05, 0) is 87.9 Å². The molecular formula is C31H32ClN5O4. The Hall–Kier alpha value is -4.16. The van der Waals surface area contributed by atoms with E-state index in [1.807, 2.05) is 23.1 Å². The summed E-state index contributed by atoms with van der Waals surface area (Å²) in [5, 5.41) is 19.8. The van der Waals surface area contributed by atoms with Crippen LogP contribution in [0.5, 0.6) is 11.5 Å². The number of H-pyrrole nitrogens is 1. The molecule has 3 aromatic rings. The molecule has 2 aliphatic rings. The third kappa shape index (κ3) is 5.57. The normalized spacial score (nSPS) is 20.0. The first kappa shape index (κ1) is 28.4. The molecule has 3 atom stereocenters. The van der Waals surface area contributed by atoms with Gasteiger partial charge >= 0.3 is 5.56 Å². The predicted octanol–water partition coefficient (Wildman–Crippen LogP) is 5.38. The summed E-state index contributed by atoms with van der Waals surface area (Å²) in [6.07, 6.45) is 3.94. The summed E-state index contributed by atoms with van der Waals surface area (Å²) in [4.78, 5) is 41.1. The number of carbonyl (C=O) groups is 2. The molecule has 1 aromatic heterocycles. The zero-order valence-electron chi connectivity index (χ0n) is 23.2. The number of ether oxygens (including phenoxy) is 1. The van der Waals surface area contributed by atoms with Crippen molar-refractivity contribution in [1.82, 2.24) is 20.4 Å². The van der Waals surface area contributed by atoms with Crippen LogP contribution in [0, 0.1) is 30.6 Å². The van der Waals surface area contributed by atoms with Gasteiger partial charge in [-0.2, -0.15) is 10.4 Å². The molecule has 0 spiro atoms. The Morgan fingerprint density at radius 1 is 1.17 bits per heavy atom. The highest BCUT2D eigenvalue weighted by atomic mass is 35.5. The van der Waals surface area contributed by atoms with Gasteiger partial charge in [-0.25, -0.2) is 5.10 Å². The van der Waals surface area contributed by atoms with Crippen LogP contribution in [-0.2, 0) is 4.79 Å². The van der Waals surface area contributed by atoms with Gasteiger partial charge in [-0.15, -0.1) is 0 Å². The van der Waals surface area contributed by atoms with Crippen LogP contribution in [0.1, 0.15) is 72.2 Å². The predicted molar refractivity (Wildman–Crippen MR) is 154 cm³/mol. The van der Waals surface area contributed by atoms with E-state index < -0.39 is 22.9 Å². The summed E-state index contributed by atoms with van der Waals surface area (Å²) in [6, 6.07) is 15.1. The maximum Gasteiger partial charge on any atom is 0.307 e. The molecule has 1 unspecified atom stereocenters. The molecule has 2 fully saturated rings. The molecule has 1 aliphatic carbocycles. The molecule has 2 aromatic carbocycles. The lowest BCUT2D eigenvalue weighted by Crippen LogP contribution is -2.55. The molecule has 2 heterocycles. The number of nitrogens with zero attached hydrogens (tertiary/aromatic N) is 3. The van der Waals surface area contributed by atoms with Crippen LogP contribution < -0.4 is 15.6 Å². The summed E-state index contributed by atoms with van der Waals surface area (Å²) in [5.41, 5.74) is 1.50. The van der Waals surface area contributed by atoms with E-state index >= 15 is 0 Å². The average Bonchev–Trinajstić information content (AvgIpc) is 3.36. The highest BCUT2D eigenvalue weighted by Crippen LogP contribution is 2.52. The monoisotopic (exact) mass is 573 g/mol. The zero-order chi connectivity index (χ0) is 29.3. The van der Waals surface area contributed by atoms with Gasteiger partial charge in [0.15, 0.2) is 5.75 Å². The molecule has 5 rings (SSSR count). The molecular weight excluding hydrogens is 542 g/mol. The SMILES string of the molecule is Cc1cc(Oc2ccc(C(=O)NC(C)C(=O)N3[C@H](c4cccc(Cl)c4)CC[C@@H]3C3(C#N)CCC3)cc2C)c(=O)[nH]n1. The van der Waals surface area contributed by atoms with E-state index in [1.165, 1.54) is 6.07 Å². The number of likely N-dealkylation sites (tertiary alicyclic amines) is 1. The highest BCUT2D eigenvalue weighted by molar-refractivity contribution is 6.30. The van der Waals surface area contributed by atoms with Crippen LogP contribution in [0.15, 0.2) is 53.3 Å². The van der Waals surface area contributed by atoms with Crippen molar-refractivity contribution < 1.29 is 14.3 Å². The first-order valence-corrected chi connectivity index (χ1v) is 14.1. The number of hydrogen-bond donors (Lipinski definition) is 2. The van der Waals surface area contributed by atoms with Crippen LogP contribution >= 0.6 is 11.6 Å². The van der Waals surface area contributed by atoms with Crippen molar-refractivity contribution >= 4 is 23.4 Å². The second-order valence-electron chi connectivity index (χ2n) is 11.0. The summed E-state index contributed by atoms with van der Waals surface area (Å²) in [5.74, 6) is -0.107. The van der Waals surface area contributed by atoms with E-state index in [1.54, 1.807) is 45.0 Å². The van der Waals surface area contributed by atoms with Crippen LogP contribution in [0.4, 0.5) is 0 Å². The maximum atomic E-state index is 14.0. The molecule has 9 nitrogen and oxygen atoms in total. The van der Waals surface area contributed by atoms with Crippen LogP contribution in [0.25, 0.3) is 0 Å². The van der Waals surface area contributed by atoms with Gasteiger partial charge in [0.25, 0.3) is 5.91 Å². The quantitative estimate of drug-likeness (QED) is 0.391. The zero-order valence-corrected chi connectivity index (χ0v) is 24.0. The van der Waals surface area contributed by atoms with Crippen LogP contribution in [0.2, 0.25) is 5.02 Å². The van der Waals surface area contributed by atoms with Gasteiger partial charge in [0.05, 0.1) is 29.3 Å². The minimum Gasteiger partial charge on any atom is -0.451 e. The van der Waals surface area contributed by atoms with E-state index in [0.717, 1.165) is 37.7 Å². The number of nitrogens with one attached hydrogen (secondary N) is 2. The van der Waals surface area contributed by atoms with Crippen molar-refractivity contribution in [3.8, 4) is 17.6 Å². The Labute approximate surface area is 243 Å². The van der Waals surface area contributed by atoms with Crippen molar-refractivity contribution in [3.05, 3.63) is 86.3 Å². The molecule has 2 N–H and O–H groups in total. The second kappa shape index (κ2) is 11.4. The van der Waals surface area contributed by atoms with Gasteiger partial charge in [-0.1, -0.05) is 30.2 Å². The molecule has 2 amide bonds. The fourth-order valence-electron chi connectivity index (χ4n) is 5.93. The number of aryl methyl sites for hydroxylation is 2. The number of carbonyl (C=O) groups excluding carboxylic acids is 2. The smallest absolute Gasteiger partial charge is 0.307 e. The van der Waals surface area contributed by atoms with Gasteiger partial charge in [0.1, 0.15) is 11.8 Å². The van der Waals surface area contributed by atoms with E-state index in [0.29, 0.717) is 27.6 Å². The topological polar surface area (TPSA) is 128 Å². The van der Waals surface area contributed by atoms with E-state index in [-0.39, 0.29) is 23.7 Å². The molecule has 0 radical (unpaired) electrons. The largest absolute Gasteiger partial charge is 0.451 e. The standard InChI is InChI=1S/C31H32ClN5O4/c1-18-14-22(8-10-25(18)41-26-15-19(2)35-36-29(26)39)28(38)34-20(3)30(40)37-24(21-6-4-7-23(32)16-21)9-11-27(37)31(17-33)12-5-13-31/h4,6-8,10,14-16,20,24,27H,5,9,11-13H2,1-3H3,(H,34,38)(H,36,39)/t20?,24-,27+/m0/s1. The molecule has 1 saturated heterocycles. The van der Waals surface area contributed by atoms with Gasteiger partial charge in [0, 0.05) is 16.7 Å². The first-order chi connectivity index (χ1) is 19.6. The van der Waals surface area contributed by atoms with Crippen molar-refractivity contribution in [2.24, 2.45) is 5.41 Å². The van der Waals surface area contributed by atoms with Gasteiger partial charge in [-0.3, -0.25) is 14.4 Å². The van der Waals surface area contributed by atoms with Crippen molar-refractivity contribution in [2.45, 2.75) is 71.0 Å².